The molecular formula is C12H11NO4. The minimum Gasteiger partial charge on any atom is -0.504 e. The fourth-order valence-electron chi connectivity index (χ4n) is 2.20. The number of benzene rings is 1. The van der Waals surface area contributed by atoms with E-state index >= 15 is 0 Å². The number of nitrogens with zero attached hydrogens (tertiary/aromatic N) is 1. The first-order valence-corrected chi connectivity index (χ1v) is 5.37. The molecule has 88 valence electrons. The van der Waals surface area contributed by atoms with Gasteiger partial charge in [-0.25, -0.2) is 4.98 Å². The number of aryl methyl sites for hydroxylation is 1. The van der Waals surface area contributed by atoms with E-state index in [1.165, 1.54) is 0 Å². The molecule has 0 spiro atoms. The Morgan fingerprint density at radius 2 is 2.18 bits per heavy atom. The summed E-state index contributed by atoms with van der Waals surface area (Å²) in [7, 11) is 0. The summed E-state index contributed by atoms with van der Waals surface area (Å²) in [4.78, 5) is 15.3. The number of aromatic nitrogens is 1. The summed E-state index contributed by atoms with van der Waals surface area (Å²) in [6, 6.07) is 3.31. The molecule has 2 aromatic rings. The standard InChI is InChI=1S/C12H11NO4/c1-6-13-8-3-2-7(9(14)10(8)17-6)12(4-5-12)11(15)16/h2-3,14H,4-5H2,1H3,(H,15,16). The molecular weight excluding hydrogens is 222 g/mol. The van der Waals surface area contributed by atoms with Gasteiger partial charge in [-0.15, -0.1) is 0 Å². The molecule has 1 fully saturated rings. The quantitative estimate of drug-likeness (QED) is 0.828. The molecule has 1 aromatic heterocycles. The van der Waals surface area contributed by atoms with E-state index < -0.39 is 11.4 Å². The number of carboxylic acid groups (broad SMARTS) is 1. The van der Waals surface area contributed by atoms with Crippen LogP contribution in [0.2, 0.25) is 0 Å². The van der Waals surface area contributed by atoms with Gasteiger partial charge in [-0.1, -0.05) is 6.07 Å². The van der Waals surface area contributed by atoms with E-state index in [9.17, 15) is 15.0 Å². The Kier molecular flexibility index (Phi) is 1.79. The summed E-state index contributed by atoms with van der Waals surface area (Å²) in [5.41, 5.74) is 0.310. The van der Waals surface area contributed by atoms with Crippen molar-refractivity contribution in [1.82, 2.24) is 4.98 Å². The zero-order valence-corrected chi connectivity index (χ0v) is 9.23. The first-order valence-electron chi connectivity index (χ1n) is 5.37. The molecule has 0 saturated heterocycles. The topological polar surface area (TPSA) is 83.6 Å². The van der Waals surface area contributed by atoms with Crippen molar-refractivity contribution in [3.63, 3.8) is 0 Å². The van der Waals surface area contributed by atoms with Crippen LogP contribution in [-0.2, 0) is 10.2 Å². The minimum atomic E-state index is -0.932. The SMILES string of the molecule is Cc1nc2ccc(C3(C(=O)O)CC3)c(O)c2o1. The van der Waals surface area contributed by atoms with Crippen molar-refractivity contribution in [2.24, 2.45) is 0 Å². The molecule has 3 rings (SSSR count). The van der Waals surface area contributed by atoms with Crippen molar-refractivity contribution >= 4 is 17.1 Å². The third-order valence-electron chi connectivity index (χ3n) is 3.31. The molecule has 0 radical (unpaired) electrons. The van der Waals surface area contributed by atoms with Crippen LogP contribution in [0.1, 0.15) is 24.3 Å². The third kappa shape index (κ3) is 1.25. The Morgan fingerprint density at radius 1 is 1.47 bits per heavy atom. The molecule has 17 heavy (non-hydrogen) atoms. The predicted octanol–water partition coefficient (Wildman–Crippen LogP) is 1.96. The number of hydrogen-bond donors (Lipinski definition) is 2. The molecule has 0 unspecified atom stereocenters. The maximum Gasteiger partial charge on any atom is 0.314 e. The van der Waals surface area contributed by atoms with Gasteiger partial charge in [-0.3, -0.25) is 4.79 Å². The van der Waals surface area contributed by atoms with Gasteiger partial charge in [0.2, 0.25) is 0 Å². The molecule has 1 heterocycles. The summed E-state index contributed by atoms with van der Waals surface area (Å²) in [5, 5.41) is 19.3. The summed E-state index contributed by atoms with van der Waals surface area (Å²) in [6.07, 6.45) is 1.10. The third-order valence-corrected chi connectivity index (χ3v) is 3.31. The highest BCUT2D eigenvalue weighted by Gasteiger charge is 2.53. The predicted molar refractivity (Wildman–Crippen MR) is 59.0 cm³/mol. The second-order valence-electron chi connectivity index (χ2n) is 4.43. The molecule has 5 heteroatoms. The normalized spacial score (nSPS) is 17.2. The van der Waals surface area contributed by atoms with Crippen LogP contribution in [0.25, 0.3) is 11.1 Å². The maximum atomic E-state index is 11.2. The van der Waals surface area contributed by atoms with Crippen LogP contribution in [0.4, 0.5) is 0 Å². The number of carbonyl (C=O) groups is 1. The number of phenolic OH excluding ortho intramolecular Hbond substituents is 1. The van der Waals surface area contributed by atoms with E-state index in [2.05, 4.69) is 4.98 Å². The molecule has 1 saturated carbocycles. The lowest BCUT2D eigenvalue weighted by Gasteiger charge is -2.11. The Balaban J connectivity index is 2.25. The van der Waals surface area contributed by atoms with E-state index in [0.29, 0.717) is 29.8 Å². The average Bonchev–Trinajstić information content (AvgIpc) is 2.97. The van der Waals surface area contributed by atoms with Gasteiger partial charge in [0.05, 0.1) is 5.41 Å². The van der Waals surface area contributed by atoms with Crippen LogP contribution >= 0.6 is 0 Å². The highest BCUT2D eigenvalue weighted by molar-refractivity contribution is 5.90. The Hall–Kier alpha value is -2.04. The van der Waals surface area contributed by atoms with Gasteiger partial charge in [-0.2, -0.15) is 0 Å². The van der Waals surface area contributed by atoms with Crippen LogP contribution in [-0.4, -0.2) is 21.2 Å². The Labute approximate surface area is 96.7 Å². The van der Waals surface area contributed by atoms with Crippen molar-refractivity contribution in [2.75, 3.05) is 0 Å². The lowest BCUT2D eigenvalue weighted by molar-refractivity contribution is -0.140. The number of fused-ring (bicyclic) bond motifs is 1. The Bertz CT molecular complexity index is 625. The zero-order chi connectivity index (χ0) is 12.2. The molecule has 1 aliphatic carbocycles. The molecule has 0 atom stereocenters. The van der Waals surface area contributed by atoms with Gasteiger partial charge in [0.25, 0.3) is 0 Å². The van der Waals surface area contributed by atoms with Gasteiger partial charge >= 0.3 is 5.97 Å². The zero-order valence-electron chi connectivity index (χ0n) is 9.23. The fraction of sp³-hybridized carbons (Fsp3) is 0.333. The van der Waals surface area contributed by atoms with Gasteiger partial charge in [-0.05, 0) is 18.9 Å². The lowest BCUT2D eigenvalue weighted by atomic mass is 9.95. The summed E-state index contributed by atoms with van der Waals surface area (Å²) < 4.78 is 5.29. The number of rotatable bonds is 2. The highest BCUT2D eigenvalue weighted by Crippen LogP contribution is 2.52. The van der Waals surface area contributed by atoms with E-state index in [4.69, 9.17) is 4.42 Å². The summed E-state index contributed by atoms with van der Waals surface area (Å²) in [5.74, 6) is -0.543. The lowest BCUT2D eigenvalue weighted by Crippen LogP contribution is -2.19. The molecule has 0 amide bonds. The van der Waals surface area contributed by atoms with Gasteiger partial charge < -0.3 is 14.6 Å². The number of aromatic hydroxyl groups is 1. The van der Waals surface area contributed by atoms with Crippen LogP contribution in [0.5, 0.6) is 5.75 Å². The second kappa shape index (κ2) is 3.00. The number of carboxylic acids is 1. The number of aliphatic carboxylic acids is 1. The van der Waals surface area contributed by atoms with Crippen LogP contribution in [0, 0.1) is 6.92 Å². The van der Waals surface area contributed by atoms with Crippen LogP contribution in [0.15, 0.2) is 16.5 Å². The molecule has 0 bridgehead atoms. The summed E-state index contributed by atoms with van der Waals surface area (Å²) in [6.45, 7) is 1.68. The first-order chi connectivity index (χ1) is 8.04. The number of oxazole rings is 1. The van der Waals surface area contributed by atoms with E-state index in [1.807, 2.05) is 0 Å². The number of phenols is 1. The van der Waals surface area contributed by atoms with Gasteiger partial charge in [0.1, 0.15) is 5.52 Å². The monoisotopic (exact) mass is 233 g/mol. The van der Waals surface area contributed by atoms with E-state index in [1.54, 1.807) is 19.1 Å². The second-order valence-corrected chi connectivity index (χ2v) is 4.43. The van der Waals surface area contributed by atoms with Crippen LogP contribution < -0.4 is 0 Å². The van der Waals surface area contributed by atoms with E-state index in [-0.39, 0.29) is 11.3 Å². The smallest absolute Gasteiger partial charge is 0.314 e. The first kappa shape index (κ1) is 10.1. The van der Waals surface area contributed by atoms with Gasteiger partial charge in [0.15, 0.2) is 17.2 Å². The van der Waals surface area contributed by atoms with Crippen molar-refractivity contribution in [2.45, 2.75) is 25.2 Å². The average molecular weight is 233 g/mol. The largest absolute Gasteiger partial charge is 0.504 e. The van der Waals surface area contributed by atoms with Gasteiger partial charge in [0, 0.05) is 12.5 Å². The Morgan fingerprint density at radius 3 is 2.76 bits per heavy atom. The van der Waals surface area contributed by atoms with Crippen molar-refractivity contribution in [3.8, 4) is 5.75 Å². The van der Waals surface area contributed by atoms with E-state index in [0.717, 1.165) is 0 Å². The highest BCUT2D eigenvalue weighted by atomic mass is 16.4. The molecule has 1 aliphatic rings. The molecule has 1 aromatic carbocycles. The number of hydrogen-bond acceptors (Lipinski definition) is 4. The van der Waals surface area contributed by atoms with Crippen molar-refractivity contribution in [1.29, 1.82) is 0 Å². The molecule has 5 nitrogen and oxygen atoms in total. The van der Waals surface area contributed by atoms with Crippen LogP contribution in [0.3, 0.4) is 0 Å². The molecule has 0 aliphatic heterocycles. The minimum absolute atomic E-state index is 0.0944. The fourth-order valence-corrected chi connectivity index (χ4v) is 2.20. The maximum absolute atomic E-state index is 11.2. The van der Waals surface area contributed by atoms with Crippen molar-refractivity contribution < 1.29 is 19.4 Å². The summed E-state index contributed by atoms with van der Waals surface area (Å²) >= 11 is 0. The molecule has 2 N–H and O–H groups in total. The van der Waals surface area contributed by atoms with Crippen molar-refractivity contribution in [3.05, 3.63) is 23.6 Å².